The Morgan fingerprint density at radius 2 is 2.05 bits per heavy atom. The van der Waals surface area contributed by atoms with Crippen molar-refractivity contribution in [1.29, 1.82) is 0 Å². The molecule has 0 fully saturated rings. The summed E-state index contributed by atoms with van der Waals surface area (Å²) in [6.45, 7) is 3.42. The number of carbonyl (C=O) groups is 1. The van der Waals surface area contributed by atoms with Gasteiger partial charge in [0.2, 0.25) is 0 Å². The minimum absolute atomic E-state index is 0.168. The lowest BCUT2D eigenvalue weighted by Gasteiger charge is -2.17. The topological polar surface area (TPSA) is 58.6 Å². The molecule has 0 aromatic heterocycles. The Morgan fingerprint density at radius 3 is 2.73 bits per heavy atom. The van der Waals surface area contributed by atoms with Crippen LogP contribution in [0.4, 0.5) is 0 Å². The molecule has 0 saturated carbocycles. The highest BCUT2D eigenvalue weighted by Gasteiger charge is 2.15. The molecular weight excluding hydrogens is 302 g/mol. The normalized spacial score (nSPS) is 11.1. The second-order valence-electron chi connectivity index (χ2n) is 5.50. The molecule has 0 saturated heterocycles. The predicted molar refractivity (Wildman–Crippen MR) is 85.4 cm³/mol. The fourth-order valence-electron chi connectivity index (χ4n) is 1.72. The number of hydrogen-bond donors (Lipinski definition) is 2. The molecule has 2 rings (SSSR count). The lowest BCUT2D eigenvalue weighted by molar-refractivity contribution is 0.0694. The second kappa shape index (κ2) is 6.81. The Morgan fingerprint density at radius 1 is 1.32 bits per heavy atom. The van der Waals surface area contributed by atoms with Gasteiger partial charge < -0.3 is 15.2 Å². The fourth-order valence-corrected chi connectivity index (χ4v) is 1.89. The van der Waals surface area contributed by atoms with E-state index in [0.717, 1.165) is 0 Å². The van der Waals surface area contributed by atoms with E-state index in [1.807, 2.05) is 0 Å². The molecule has 0 heterocycles. The van der Waals surface area contributed by atoms with Crippen molar-refractivity contribution in [3.8, 4) is 11.5 Å². The van der Waals surface area contributed by atoms with Crippen LogP contribution in [0.2, 0.25) is 5.02 Å². The van der Waals surface area contributed by atoms with Gasteiger partial charge >= 0.3 is 0 Å². The van der Waals surface area contributed by atoms with Gasteiger partial charge in [-0.05, 0) is 44.2 Å². The van der Waals surface area contributed by atoms with Crippen LogP contribution in [-0.2, 0) is 0 Å². The van der Waals surface area contributed by atoms with Gasteiger partial charge in [-0.25, -0.2) is 0 Å². The molecule has 0 bridgehead atoms. The third kappa shape index (κ3) is 5.06. The van der Waals surface area contributed by atoms with E-state index in [1.54, 1.807) is 56.3 Å². The Bertz CT molecular complexity index is 665. The number of benzene rings is 2. The first-order valence-corrected chi connectivity index (χ1v) is 7.17. The van der Waals surface area contributed by atoms with Gasteiger partial charge in [-0.2, -0.15) is 0 Å². The standard InChI is InChI=1S/C17H17ClNO3/c1-17(2,21)11-19-16(20)12-5-3-7-14(9-12)22-15-8-4-6-13(18)10-15/h3-5,7-10,21H,11H2,1-2H3,(H,19,20). The summed E-state index contributed by atoms with van der Waals surface area (Å²) in [7, 11) is 0. The molecular formula is C17H17ClNO3. The van der Waals surface area contributed by atoms with Crippen molar-refractivity contribution in [1.82, 2.24) is 5.32 Å². The van der Waals surface area contributed by atoms with Crippen molar-refractivity contribution in [2.45, 2.75) is 19.4 Å². The SMILES string of the molecule is CC(C)(O)CNC(=O)c1cccc(Oc2cc[c]c(Cl)c2)c1. The van der Waals surface area contributed by atoms with Crippen LogP contribution >= 0.6 is 11.6 Å². The molecule has 2 N–H and O–H groups in total. The number of halogens is 1. The Kier molecular flexibility index (Phi) is 5.06. The van der Waals surface area contributed by atoms with Crippen molar-refractivity contribution in [3.63, 3.8) is 0 Å². The zero-order chi connectivity index (χ0) is 16.2. The van der Waals surface area contributed by atoms with Gasteiger partial charge in [0.05, 0.1) is 10.6 Å². The minimum Gasteiger partial charge on any atom is -0.457 e. The molecule has 5 heteroatoms. The average Bonchev–Trinajstić information content (AvgIpc) is 2.44. The van der Waals surface area contributed by atoms with E-state index in [4.69, 9.17) is 16.3 Å². The quantitative estimate of drug-likeness (QED) is 0.888. The van der Waals surface area contributed by atoms with Crippen LogP contribution in [0, 0.1) is 6.07 Å². The first-order valence-electron chi connectivity index (χ1n) is 6.79. The lowest BCUT2D eigenvalue weighted by atomic mass is 10.1. The molecule has 0 unspecified atom stereocenters. The van der Waals surface area contributed by atoms with Crippen LogP contribution in [0.1, 0.15) is 24.2 Å². The summed E-state index contributed by atoms with van der Waals surface area (Å²) < 4.78 is 5.66. The van der Waals surface area contributed by atoms with Crippen molar-refractivity contribution in [2.75, 3.05) is 6.54 Å². The number of rotatable bonds is 5. The summed E-state index contributed by atoms with van der Waals surface area (Å²) in [5.74, 6) is 0.822. The van der Waals surface area contributed by atoms with E-state index in [2.05, 4.69) is 11.4 Å². The summed E-state index contributed by atoms with van der Waals surface area (Å²) in [4.78, 5) is 12.0. The van der Waals surface area contributed by atoms with Crippen molar-refractivity contribution < 1.29 is 14.6 Å². The Hall–Kier alpha value is -2.04. The van der Waals surface area contributed by atoms with Crippen LogP contribution < -0.4 is 10.1 Å². The molecule has 0 aliphatic carbocycles. The van der Waals surface area contributed by atoms with E-state index in [0.29, 0.717) is 22.1 Å². The third-order valence-corrected chi connectivity index (χ3v) is 2.97. The van der Waals surface area contributed by atoms with Gasteiger partial charge in [0, 0.05) is 24.2 Å². The molecule has 4 nitrogen and oxygen atoms in total. The van der Waals surface area contributed by atoms with Crippen LogP contribution in [0.25, 0.3) is 0 Å². The van der Waals surface area contributed by atoms with Crippen LogP contribution in [0.15, 0.2) is 42.5 Å². The third-order valence-electron chi connectivity index (χ3n) is 2.75. The van der Waals surface area contributed by atoms with Crippen molar-refractivity contribution in [2.24, 2.45) is 0 Å². The van der Waals surface area contributed by atoms with E-state index in [-0.39, 0.29) is 12.5 Å². The summed E-state index contributed by atoms with van der Waals surface area (Å²) in [6, 6.07) is 14.6. The maximum atomic E-state index is 12.0. The molecule has 1 radical (unpaired) electrons. The highest BCUT2D eigenvalue weighted by Crippen LogP contribution is 2.24. The first kappa shape index (κ1) is 16.3. The molecule has 0 spiro atoms. The first-order chi connectivity index (χ1) is 10.3. The van der Waals surface area contributed by atoms with E-state index in [1.165, 1.54) is 0 Å². The molecule has 115 valence electrons. The molecule has 0 atom stereocenters. The minimum atomic E-state index is -0.957. The van der Waals surface area contributed by atoms with Gasteiger partial charge in [0.15, 0.2) is 0 Å². The predicted octanol–water partition coefficient (Wildman–Crippen LogP) is 3.43. The van der Waals surface area contributed by atoms with Crippen LogP contribution in [0.5, 0.6) is 11.5 Å². The molecule has 0 aliphatic rings. The summed E-state index contributed by atoms with van der Waals surface area (Å²) >= 11 is 5.85. The largest absolute Gasteiger partial charge is 0.457 e. The molecule has 2 aromatic rings. The van der Waals surface area contributed by atoms with Crippen molar-refractivity contribution >= 4 is 17.5 Å². The zero-order valence-corrected chi connectivity index (χ0v) is 13.1. The molecule has 0 aliphatic heterocycles. The highest BCUT2D eigenvalue weighted by molar-refractivity contribution is 6.30. The maximum Gasteiger partial charge on any atom is 0.251 e. The highest BCUT2D eigenvalue weighted by atomic mass is 35.5. The van der Waals surface area contributed by atoms with E-state index >= 15 is 0 Å². The van der Waals surface area contributed by atoms with E-state index in [9.17, 15) is 9.90 Å². The lowest BCUT2D eigenvalue weighted by Crippen LogP contribution is -2.38. The van der Waals surface area contributed by atoms with E-state index < -0.39 is 5.60 Å². The maximum absolute atomic E-state index is 12.0. The summed E-state index contributed by atoms with van der Waals surface area (Å²) in [6.07, 6.45) is 0. The Balaban J connectivity index is 2.08. The van der Waals surface area contributed by atoms with Crippen LogP contribution in [0.3, 0.4) is 0 Å². The number of hydrogen-bond acceptors (Lipinski definition) is 3. The molecule has 2 aromatic carbocycles. The number of amides is 1. The Labute approximate surface area is 134 Å². The zero-order valence-electron chi connectivity index (χ0n) is 12.4. The van der Waals surface area contributed by atoms with Gasteiger partial charge in [-0.3, -0.25) is 4.79 Å². The number of ether oxygens (including phenoxy) is 1. The summed E-state index contributed by atoms with van der Waals surface area (Å²) in [5, 5.41) is 12.8. The average molecular weight is 319 g/mol. The van der Waals surface area contributed by atoms with Gasteiger partial charge in [-0.1, -0.05) is 17.7 Å². The molecule has 1 amide bonds. The number of nitrogens with one attached hydrogen (secondary N) is 1. The molecule has 22 heavy (non-hydrogen) atoms. The monoisotopic (exact) mass is 318 g/mol. The smallest absolute Gasteiger partial charge is 0.251 e. The van der Waals surface area contributed by atoms with Crippen LogP contribution in [-0.4, -0.2) is 23.2 Å². The van der Waals surface area contributed by atoms with Gasteiger partial charge in [-0.15, -0.1) is 0 Å². The van der Waals surface area contributed by atoms with Gasteiger partial charge in [0.25, 0.3) is 5.91 Å². The number of carbonyl (C=O) groups excluding carboxylic acids is 1. The fraction of sp³-hybridized carbons (Fsp3) is 0.235. The van der Waals surface area contributed by atoms with Gasteiger partial charge in [0.1, 0.15) is 11.5 Å². The van der Waals surface area contributed by atoms with Crippen molar-refractivity contribution in [3.05, 3.63) is 59.1 Å². The summed E-state index contributed by atoms with van der Waals surface area (Å²) in [5.41, 5.74) is -0.503. The second-order valence-corrected chi connectivity index (χ2v) is 5.90. The number of aliphatic hydroxyl groups is 1.